The van der Waals surface area contributed by atoms with E-state index in [1.807, 2.05) is 0 Å². The molecule has 0 amide bonds. The number of hydrogen-bond donors (Lipinski definition) is 1. The molecule has 0 heterocycles. The summed E-state index contributed by atoms with van der Waals surface area (Å²) in [6, 6.07) is 3.10. The fourth-order valence-corrected chi connectivity index (χ4v) is 1.86. The molecule has 0 aliphatic carbocycles. The number of hydrogen-bond acceptors (Lipinski definition) is 7. The number of methoxy groups -OCH3 is 3. The second kappa shape index (κ2) is 11.0. The van der Waals surface area contributed by atoms with Crippen molar-refractivity contribution in [2.75, 3.05) is 47.8 Å². The maximum absolute atomic E-state index is 11.8. The van der Waals surface area contributed by atoms with Crippen molar-refractivity contribution in [1.29, 1.82) is 0 Å². The van der Waals surface area contributed by atoms with Gasteiger partial charge in [0, 0.05) is 25.3 Å². The lowest BCUT2D eigenvalue weighted by Crippen LogP contribution is -2.08. The highest BCUT2D eigenvalue weighted by molar-refractivity contribution is 5.90. The van der Waals surface area contributed by atoms with Crippen LogP contribution in [0, 0.1) is 0 Å². The summed E-state index contributed by atoms with van der Waals surface area (Å²) in [4.78, 5) is 11.8. The Morgan fingerprint density at radius 2 is 1.39 bits per heavy atom. The van der Waals surface area contributed by atoms with Crippen molar-refractivity contribution in [1.82, 2.24) is 0 Å². The molecular formula is C16H24O7. The maximum atomic E-state index is 11.8. The van der Waals surface area contributed by atoms with Crippen LogP contribution in [0.1, 0.15) is 21.5 Å². The molecule has 0 aromatic heterocycles. The Bertz CT molecular complexity index is 454. The quantitative estimate of drug-likeness (QED) is 0.487. The predicted octanol–water partition coefficient (Wildman–Crippen LogP) is 1.50. The van der Waals surface area contributed by atoms with Gasteiger partial charge in [-0.1, -0.05) is 0 Å². The van der Waals surface area contributed by atoms with Crippen molar-refractivity contribution in [2.24, 2.45) is 0 Å². The normalized spacial score (nSPS) is 10.7. The van der Waals surface area contributed by atoms with E-state index in [1.54, 1.807) is 26.4 Å². The van der Waals surface area contributed by atoms with Crippen molar-refractivity contribution < 1.29 is 33.6 Å². The number of benzene rings is 1. The molecule has 0 fully saturated rings. The van der Waals surface area contributed by atoms with Gasteiger partial charge in [0.2, 0.25) is 0 Å². The average molecular weight is 328 g/mol. The number of ether oxygens (including phenoxy) is 5. The van der Waals surface area contributed by atoms with Gasteiger partial charge in [-0.3, -0.25) is 0 Å². The summed E-state index contributed by atoms with van der Waals surface area (Å²) >= 11 is 0. The van der Waals surface area contributed by atoms with Crippen LogP contribution in [-0.2, 0) is 36.9 Å². The lowest BCUT2D eigenvalue weighted by atomic mass is 10.0. The zero-order valence-electron chi connectivity index (χ0n) is 13.8. The molecule has 7 nitrogen and oxygen atoms in total. The van der Waals surface area contributed by atoms with E-state index in [1.165, 1.54) is 7.11 Å². The van der Waals surface area contributed by atoms with Crippen molar-refractivity contribution >= 4 is 5.97 Å². The van der Waals surface area contributed by atoms with Gasteiger partial charge in [-0.05, 0) is 12.1 Å². The molecule has 1 aromatic carbocycles. The van der Waals surface area contributed by atoms with E-state index in [2.05, 4.69) is 0 Å². The van der Waals surface area contributed by atoms with E-state index in [9.17, 15) is 9.90 Å². The monoisotopic (exact) mass is 328 g/mol. The number of carbonyl (C=O) groups is 1. The number of phenols is 1. The molecule has 0 aliphatic heterocycles. The molecule has 0 saturated heterocycles. The highest BCUT2D eigenvalue weighted by Gasteiger charge is 2.15. The summed E-state index contributed by atoms with van der Waals surface area (Å²) in [6.07, 6.45) is 0. The molecule has 0 atom stereocenters. The summed E-state index contributed by atoms with van der Waals surface area (Å²) in [7, 11) is 4.46. The predicted molar refractivity (Wildman–Crippen MR) is 82.5 cm³/mol. The second-order valence-corrected chi connectivity index (χ2v) is 4.73. The summed E-state index contributed by atoms with van der Waals surface area (Å²) < 4.78 is 25.3. The summed E-state index contributed by atoms with van der Waals surface area (Å²) in [6.45, 7) is 1.99. The smallest absolute Gasteiger partial charge is 0.337 e. The van der Waals surface area contributed by atoms with Crippen molar-refractivity contribution in [3.8, 4) is 5.75 Å². The SMILES string of the molecule is COCCOCc1cc(C(=O)OC)cc(COCCOC)c1O. The van der Waals surface area contributed by atoms with E-state index >= 15 is 0 Å². The maximum Gasteiger partial charge on any atom is 0.337 e. The van der Waals surface area contributed by atoms with Gasteiger partial charge in [0.1, 0.15) is 5.75 Å². The molecule has 0 radical (unpaired) electrons. The molecule has 1 rings (SSSR count). The van der Waals surface area contributed by atoms with Crippen LogP contribution >= 0.6 is 0 Å². The average Bonchev–Trinajstić information content (AvgIpc) is 2.57. The van der Waals surface area contributed by atoms with Crippen molar-refractivity contribution in [3.05, 3.63) is 28.8 Å². The third-order valence-electron chi connectivity index (χ3n) is 3.07. The Kier molecular flexibility index (Phi) is 9.23. The summed E-state index contributed by atoms with van der Waals surface area (Å²) in [5.74, 6) is -0.436. The van der Waals surface area contributed by atoms with Crippen LogP contribution in [0.3, 0.4) is 0 Å². The fraction of sp³-hybridized carbons (Fsp3) is 0.562. The van der Waals surface area contributed by atoms with Crippen molar-refractivity contribution in [3.63, 3.8) is 0 Å². The Morgan fingerprint density at radius 3 is 1.78 bits per heavy atom. The zero-order valence-corrected chi connectivity index (χ0v) is 13.8. The number of aromatic hydroxyl groups is 1. The highest BCUT2D eigenvalue weighted by Crippen LogP contribution is 2.26. The van der Waals surface area contributed by atoms with Gasteiger partial charge in [0.25, 0.3) is 0 Å². The van der Waals surface area contributed by atoms with Gasteiger partial charge in [0.15, 0.2) is 0 Å². The minimum atomic E-state index is -0.485. The van der Waals surface area contributed by atoms with Crippen LogP contribution in [0.15, 0.2) is 12.1 Å². The largest absolute Gasteiger partial charge is 0.507 e. The fourth-order valence-electron chi connectivity index (χ4n) is 1.86. The second-order valence-electron chi connectivity index (χ2n) is 4.73. The first-order valence-corrected chi connectivity index (χ1v) is 7.20. The molecule has 0 unspecified atom stereocenters. The minimum absolute atomic E-state index is 0.0486. The van der Waals surface area contributed by atoms with Gasteiger partial charge in [-0.2, -0.15) is 0 Å². The molecule has 7 heteroatoms. The molecule has 0 spiro atoms. The van der Waals surface area contributed by atoms with E-state index in [0.29, 0.717) is 43.1 Å². The van der Waals surface area contributed by atoms with Gasteiger partial charge < -0.3 is 28.8 Å². The van der Waals surface area contributed by atoms with Gasteiger partial charge >= 0.3 is 5.97 Å². The third-order valence-corrected chi connectivity index (χ3v) is 3.07. The highest BCUT2D eigenvalue weighted by atomic mass is 16.5. The van der Waals surface area contributed by atoms with Crippen LogP contribution in [0.5, 0.6) is 5.75 Å². The number of carbonyl (C=O) groups excluding carboxylic acids is 1. The number of phenolic OH excluding ortho intramolecular Hbond substituents is 1. The van der Waals surface area contributed by atoms with Crippen LogP contribution in [0.25, 0.3) is 0 Å². The van der Waals surface area contributed by atoms with Gasteiger partial charge in [-0.15, -0.1) is 0 Å². The summed E-state index contributed by atoms with van der Waals surface area (Å²) in [5.41, 5.74) is 1.32. The molecular weight excluding hydrogens is 304 g/mol. The first-order valence-electron chi connectivity index (χ1n) is 7.20. The molecule has 0 aliphatic rings. The first-order chi connectivity index (χ1) is 11.1. The Balaban J connectivity index is 2.86. The third kappa shape index (κ3) is 6.54. The molecule has 23 heavy (non-hydrogen) atoms. The molecule has 1 aromatic rings. The van der Waals surface area contributed by atoms with Crippen LogP contribution in [0.4, 0.5) is 0 Å². The van der Waals surface area contributed by atoms with E-state index < -0.39 is 5.97 Å². The van der Waals surface area contributed by atoms with E-state index in [-0.39, 0.29) is 19.0 Å². The van der Waals surface area contributed by atoms with Gasteiger partial charge in [-0.25, -0.2) is 4.79 Å². The standard InChI is InChI=1S/C16H24O7/c1-19-4-6-22-10-13-8-12(16(18)21-3)9-14(15(13)17)11-23-7-5-20-2/h8-9,17H,4-7,10-11H2,1-3H3. The van der Waals surface area contributed by atoms with E-state index in [0.717, 1.165) is 0 Å². The van der Waals surface area contributed by atoms with Crippen molar-refractivity contribution in [2.45, 2.75) is 13.2 Å². The van der Waals surface area contributed by atoms with Crippen LogP contribution in [0.2, 0.25) is 0 Å². The molecule has 0 saturated carbocycles. The lowest BCUT2D eigenvalue weighted by Gasteiger charge is -2.13. The Labute approximate surface area is 136 Å². The van der Waals surface area contributed by atoms with Crippen LogP contribution in [-0.4, -0.2) is 58.8 Å². The number of esters is 1. The van der Waals surface area contributed by atoms with E-state index in [4.69, 9.17) is 23.7 Å². The number of rotatable bonds is 11. The topological polar surface area (TPSA) is 83.5 Å². The first kappa shape index (κ1) is 19.4. The lowest BCUT2D eigenvalue weighted by molar-refractivity contribution is 0.0564. The van der Waals surface area contributed by atoms with Gasteiger partial charge in [0.05, 0.1) is 52.3 Å². The molecule has 1 N–H and O–H groups in total. The molecule has 0 bridgehead atoms. The Morgan fingerprint density at radius 1 is 0.913 bits per heavy atom. The van der Waals surface area contributed by atoms with Crippen LogP contribution < -0.4 is 0 Å². The minimum Gasteiger partial charge on any atom is -0.507 e. The Hall–Kier alpha value is -1.67. The summed E-state index contributed by atoms with van der Waals surface area (Å²) in [5, 5.41) is 10.3. The zero-order chi connectivity index (χ0) is 17.1. The molecule has 130 valence electrons.